The summed E-state index contributed by atoms with van der Waals surface area (Å²) in [4.78, 5) is 62.8. The Morgan fingerprint density at radius 1 is 0.892 bits per heavy atom. The molecule has 3 aromatic carbocycles. The first kappa shape index (κ1) is 26.0. The molecule has 1 atom stereocenters. The summed E-state index contributed by atoms with van der Waals surface area (Å²) < 4.78 is 0.903. The van der Waals surface area contributed by atoms with E-state index in [1.165, 1.54) is 24.3 Å². The first-order valence-electron chi connectivity index (χ1n) is 10.7. The van der Waals surface area contributed by atoms with Crippen molar-refractivity contribution in [2.75, 3.05) is 10.2 Å². The summed E-state index contributed by atoms with van der Waals surface area (Å²) in [6.45, 7) is 0. The first-order chi connectivity index (χ1) is 17.7. The van der Waals surface area contributed by atoms with Crippen LogP contribution >= 0.6 is 34.2 Å². The van der Waals surface area contributed by atoms with E-state index in [9.17, 15) is 24.0 Å². The highest BCUT2D eigenvalue weighted by atomic mass is 127. The minimum absolute atomic E-state index is 0.219. The molecule has 1 aliphatic heterocycles. The van der Waals surface area contributed by atoms with Gasteiger partial charge in [-0.05, 0) is 95.4 Å². The average molecular weight is 630 g/mol. The molecule has 0 saturated carbocycles. The number of imide groups is 2. The van der Waals surface area contributed by atoms with Gasteiger partial charge in [-0.1, -0.05) is 11.6 Å². The molecule has 37 heavy (non-hydrogen) atoms. The summed E-state index contributed by atoms with van der Waals surface area (Å²) in [7, 11) is 0. The second-order valence-electron chi connectivity index (χ2n) is 7.68. The van der Waals surface area contributed by atoms with E-state index in [4.69, 9.17) is 11.6 Å². The number of urea groups is 1. The van der Waals surface area contributed by atoms with Crippen LogP contribution in [-0.2, 0) is 9.59 Å². The van der Waals surface area contributed by atoms with Gasteiger partial charge in [-0.25, -0.2) is 15.1 Å². The molecule has 0 bridgehead atoms. The van der Waals surface area contributed by atoms with Crippen molar-refractivity contribution in [2.24, 2.45) is 11.0 Å². The maximum atomic E-state index is 12.8. The summed E-state index contributed by atoms with van der Waals surface area (Å²) >= 11 is 7.91. The van der Waals surface area contributed by atoms with Crippen LogP contribution in [0.15, 0.2) is 77.9 Å². The van der Waals surface area contributed by atoms with E-state index in [0.29, 0.717) is 22.0 Å². The third kappa shape index (κ3) is 6.19. The van der Waals surface area contributed by atoms with Crippen molar-refractivity contribution in [1.29, 1.82) is 0 Å². The Morgan fingerprint density at radius 2 is 1.49 bits per heavy atom. The summed E-state index contributed by atoms with van der Waals surface area (Å²) in [5.74, 6) is -4.01. The zero-order valence-electron chi connectivity index (χ0n) is 18.8. The van der Waals surface area contributed by atoms with E-state index in [-0.39, 0.29) is 11.5 Å². The van der Waals surface area contributed by atoms with Gasteiger partial charge in [-0.2, -0.15) is 5.10 Å². The fourth-order valence-electron chi connectivity index (χ4n) is 3.30. The second kappa shape index (κ2) is 11.3. The van der Waals surface area contributed by atoms with Crippen molar-refractivity contribution in [3.05, 3.63) is 92.5 Å². The molecule has 186 valence electrons. The van der Waals surface area contributed by atoms with Gasteiger partial charge < -0.3 is 5.32 Å². The minimum atomic E-state index is -1.41. The molecule has 6 amide bonds. The lowest BCUT2D eigenvalue weighted by atomic mass is 10.1. The quantitative estimate of drug-likeness (QED) is 0.165. The molecule has 0 spiro atoms. The molecule has 12 heteroatoms. The first-order valence-corrected chi connectivity index (χ1v) is 12.1. The Hall–Kier alpha value is -4.10. The number of nitrogens with zero attached hydrogens (tertiary/aromatic N) is 2. The van der Waals surface area contributed by atoms with E-state index in [1.54, 1.807) is 48.5 Å². The number of barbiturate groups is 1. The summed E-state index contributed by atoms with van der Waals surface area (Å²) in [6.07, 6.45) is 0.961. The lowest BCUT2D eigenvalue weighted by molar-refractivity contribution is -0.131. The largest absolute Gasteiger partial charge is 0.335 e. The zero-order chi connectivity index (χ0) is 26.5. The molecule has 4 rings (SSSR count). The molecule has 3 aromatic rings. The number of hydrogen-bond acceptors (Lipinski definition) is 6. The van der Waals surface area contributed by atoms with E-state index in [1.807, 2.05) is 0 Å². The van der Waals surface area contributed by atoms with Crippen molar-refractivity contribution < 1.29 is 24.0 Å². The van der Waals surface area contributed by atoms with E-state index in [0.717, 1.165) is 14.7 Å². The number of hydrogen-bond donors (Lipinski definition) is 3. The average Bonchev–Trinajstić information content (AvgIpc) is 2.87. The van der Waals surface area contributed by atoms with Gasteiger partial charge in [0.25, 0.3) is 17.7 Å². The van der Waals surface area contributed by atoms with Crippen LogP contribution in [0, 0.1) is 9.49 Å². The van der Waals surface area contributed by atoms with Gasteiger partial charge >= 0.3 is 6.03 Å². The van der Waals surface area contributed by atoms with Gasteiger partial charge in [0.05, 0.1) is 5.69 Å². The van der Waals surface area contributed by atoms with Crippen molar-refractivity contribution in [2.45, 2.75) is 0 Å². The maximum absolute atomic E-state index is 12.8. The monoisotopic (exact) mass is 629 g/mol. The number of amides is 6. The lowest BCUT2D eigenvalue weighted by Gasteiger charge is -2.28. The number of benzene rings is 3. The Bertz CT molecular complexity index is 1410. The second-order valence-corrected chi connectivity index (χ2v) is 9.36. The molecule has 1 fully saturated rings. The fraction of sp³-hybridized carbons (Fsp3) is 0.0400. The van der Waals surface area contributed by atoms with Crippen molar-refractivity contribution in [3.63, 3.8) is 0 Å². The standard InChI is InChI=1S/C25H17ClIN5O5/c26-16-5-1-14(2-6-16)21(33)29-18-9-3-15(4-10-18)22(34)31-28-13-20-23(35)30-25(37)32(24(20)36)19-11-7-17(27)8-12-19/h1-13,20H,(H,29,33)(H,31,34)(H,30,35,37)/b28-13-/t20-/m0/s1. The predicted molar refractivity (Wildman–Crippen MR) is 145 cm³/mol. The molecule has 1 heterocycles. The summed E-state index contributed by atoms with van der Waals surface area (Å²) in [6, 6.07) is 18.1. The summed E-state index contributed by atoms with van der Waals surface area (Å²) in [5, 5.41) is 9.06. The molecule has 0 unspecified atom stereocenters. The minimum Gasteiger partial charge on any atom is -0.322 e. The number of nitrogens with one attached hydrogen (secondary N) is 3. The van der Waals surface area contributed by atoms with Gasteiger partial charge in [0.2, 0.25) is 5.91 Å². The number of anilines is 2. The molecular weight excluding hydrogens is 613 g/mol. The van der Waals surface area contributed by atoms with Crippen LogP contribution in [0.5, 0.6) is 0 Å². The van der Waals surface area contributed by atoms with Gasteiger partial charge in [0.1, 0.15) is 0 Å². The van der Waals surface area contributed by atoms with Gasteiger partial charge in [0, 0.05) is 31.6 Å². The number of hydrazone groups is 1. The normalized spacial score (nSPS) is 15.5. The molecular formula is C25H17ClIN5O5. The number of halogens is 2. The van der Waals surface area contributed by atoms with Crippen molar-refractivity contribution in [3.8, 4) is 0 Å². The third-order valence-corrected chi connectivity index (χ3v) is 6.16. The van der Waals surface area contributed by atoms with Crippen LogP contribution in [0.25, 0.3) is 0 Å². The highest BCUT2D eigenvalue weighted by molar-refractivity contribution is 14.1. The maximum Gasteiger partial charge on any atom is 0.335 e. The van der Waals surface area contributed by atoms with Crippen LogP contribution in [0.3, 0.4) is 0 Å². The zero-order valence-corrected chi connectivity index (χ0v) is 21.7. The SMILES string of the molecule is O=C(N/N=C\[C@H]1C(=O)NC(=O)N(c2ccc(I)cc2)C1=O)c1ccc(NC(=O)c2ccc(Cl)cc2)cc1. The van der Waals surface area contributed by atoms with Crippen LogP contribution in [0.4, 0.5) is 16.2 Å². The molecule has 1 saturated heterocycles. The fourth-order valence-corrected chi connectivity index (χ4v) is 3.79. The molecule has 0 aliphatic carbocycles. The highest BCUT2D eigenvalue weighted by Crippen LogP contribution is 2.21. The van der Waals surface area contributed by atoms with Crippen LogP contribution in [0.2, 0.25) is 5.02 Å². The Balaban J connectivity index is 1.37. The Morgan fingerprint density at radius 3 is 2.14 bits per heavy atom. The molecule has 3 N–H and O–H groups in total. The van der Waals surface area contributed by atoms with Crippen molar-refractivity contribution >= 4 is 81.4 Å². The van der Waals surface area contributed by atoms with Crippen LogP contribution in [0.1, 0.15) is 20.7 Å². The Labute approximate surface area is 229 Å². The molecule has 0 radical (unpaired) electrons. The predicted octanol–water partition coefficient (Wildman–Crippen LogP) is 3.81. The summed E-state index contributed by atoms with van der Waals surface area (Å²) in [5.41, 5.74) is 3.64. The third-order valence-electron chi connectivity index (χ3n) is 5.19. The topological polar surface area (TPSA) is 137 Å². The van der Waals surface area contributed by atoms with Gasteiger partial charge in [0.15, 0.2) is 5.92 Å². The molecule has 1 aliphatic rings. The van der Waals surface area contributed by atoms with Gasteiger partial charge in [-0.3, -0.25) is 24.5 Å². The van der Waals surface area contributed by atoms with E-state index in [2.05, 4.69) is 43.8 Å². The smallest absolute Gasteiger partial charge is 0.322 e. The lowest BCUT2D eigenvalue weighted by Crippen LogP contribution is -2.58. The molecule has 10 nitrogen and oxygen atoms in total. The van der Waals surface area contributed by atoms with Crippen LogP contribution < -0.4 is 21.0 Å². The van der Waals surface area contributed by atoms with E-state index >= 15 is 0 Å². The Kier molecular flexibility index (Phi) is 7.94. The molecule has 0 aromatic heterocycles. The van der Waals surface area contributed by atoms with Crippen LogP contribution in [-0.4, -0.2) is 35.9 Å². The number of carbonyl (C=O) groups excluding carboxylic acids is 5. The number of carbonyl (C=O) groups is 5. The van der Waals surface area contributed by atoms with Gasteiger partial charge in [-0.15, -0.1) is 0 Å². The number of rotatable bonds is 6. The van der Waals surface area contributed by atoms with Crippen molar-refractivity contribution in [1.82, 2.24) is 10.7 Å². The van der Waals surface area contributed by atoms with E-state index < -0.39 is 29.7 Å². The highest BCUT2D eigenvalue weighted by Gasteiger charge is 2.40.